The Kier molecular flexibility index (Phi) is 3.01. The molecule has 0 saturated carbocycles. The van der Waals surface area contributed by atoms with Gasteiger partial charge in [0.1, 0.15) is 6.54 Å². The Balaban J connectivity index is 1.92. The maximum Gasteiger partial charge on any atom is 0.246 e. The van der Waals surface area contributed by atoms with Crippen LogP contribution in [-0.2, 0) is 16.6 Å². The summed E-state index contributed by atoms with van der Waals surface area (Å²) < 4.78 is 1.68. The molecule has 2 amide bonds. The molecule has 0 radical (unpaired) electrons. The minimum absolute atomic E-state index is 0.0344. The van der Waals surface area contributed by atoms with Crippen LogP contribution in [0.3, 0.4) is 0 Å². The van der Waals surface area contributed by atoms with Gasteiger partial charge in [0.2, 0.25) is 11.8 Å². The van der Waals surface area contributed by atoms with E-state index in [0.717, 1.165) is 25.2 Å². The molecule has 7 heteroatoms. The topological polar surface area (TPSA) is 70.5 Å². The summed E-state index contributed by atoms with van der Waals surface area (Å²) in [5.41, 5.74) is 0.516. The molecular weight excluding hydrogens is 258 g/mol. The van der Waals surface area contributed by atoms with Gasteiger partial charge in [0.15, 0.2) is 0 Å². The van der Waals surface area contributed by atoms with Crippen molar-refractivity contribution in [3.63, 3.8) is 0 Å². The molecule has 1 N–H and O–H groups in total. The second-order valence-corrected chi connectivity index (χ2v) is 5.61. The van der Waals surface area contributed by atoms with E-state index < -0.39 is 0 Å². The number of nitrogens with one attached hydrogen (secondary N) is 1. The summed E-state index contributed by atoms with van der Waals surface area (Å²) in [6, 6.07) is 0. The number of aryl methyl sites for hydroxylation is 1. The summed E-state index contributed by atoms with van der Waals surface area (Å²) >= 11 is 0. The maximum absolute atomic E-state index is 12.3. The highest BCUT2D eigenvalue weighted by atomic mass is 16.2. The third-order valence-electron chi connectivity index (χ3n) is 4.22. The summed E-state index contributed by atoms with van der Waals surface area (Å²) in [5.74, 6) is -0.0846. The van der Waals surface area contributed by atoms with Crippen LogP contribution in [0.25, 0.3) is 0 Å². The van der Waals surface area contributed by atoms with Gasteiger partial charge in [-0.15, -0.1) is 0 Å². The molecule has 0 bridgehead atoms. The molecule has 2 aliphatic heterocycles. The minimum atomic E-state index is -0.282. The summed E-state index contributed by atoms with van der Waals surface area (Å²) in [4.78, 5) is 27.7. The Morgan fingerprint density at radius 1 is 1.50 bits per heavy atom. The number of carbonyl (C=O) groups excluding carboxylic acids is 2. The standard InChI is InChI=1S/C13H19N5O2/c1-10(19)18-7-12(20)17(11-5-15-16(2)6-11)9-13(18)3-4-14-8-13/h5-6,14H,3-4,7-9H2,1-2H3/t13-/m1/s1. The highest BCUT2D eigenvalue weighted by Gasteiger charge is 2.48. The smallest absolute Gasteiger partial charge is 0.246 e. The second-order valence-electron chi connectivity index (χ2n) is 5.61. The van der Waals surface area contributed by atoms with Crippen LogP contribution in [0.2, 0.25) is 0 Å². The highest BCUT2D eigenvalue weighted by Crippen LogP contribution is 2.31. The van der Waals surface area contributed by atoms with Gasteiger partial charge in [0, 0.05) is 26.7 Å². The molecule has 1 aromatic rings. The van der Waals surface area contributed by atoms with E-state index >= 15 is 0 Å². The predicted octanol–water partition coefficient (Wildman–Crippen LogP) is -0.653. The number of piperazine rings is 1. The Labute approximate surface area is 117 Å². The number of anilines is 1. The number of carbonyl (C=O) groups is 2. The number of aromatic nitrogens is 2. The highest BCUT2D eigenvalue weighted by molar-refractivity contribution is 5.98. The number of hydrogen-bond donors (Lipinski definition) is 1. The molecular formula is C13H19N5O2. The number of amides is 2. The van der Waals surface area contributed by atoms with Gasteiger partial charge >= 0.3 is 0 Å². The Morgan fingerprint density at radius 3 is 2.85 bits per heavy atom. The molecule has 0 aliphatic carbocycles. The Bertz CT molecular complexity index is 547. The van der Waals surface area contributed by atoms with Crippen molar-refractivity contribution in [2.24, 2.45) is 7.05 Å². The lowest BCUT2D eigenvalue weighted by Gasteiger charge is -2.47. The largest absolute Gasteiger partial charge is 0.325 e. The van der Waals surface area contributed by atoms with Gasteiger partial charge in [-0.1, -0.05) is 0 Å². The third-order valence-corrected chi connectivity index (χ3v) is 4.22. The SMILES string of the molecule is CC(=O)N1CC(=O)N(c2cnn(C)c2)C[C@]12CCNC2. The molecule has 0 aromatic carbocycles. The average Bonchev–Trinajstić information content (AvgIpc) is 3.02. The average molecular weight is 277 g/mol. The first-order chi connectivity index (χ1) is 9.52. The van der Waals surface area contributed by atoms with Crippen molar-refractivity contribution in [3.8, 4) is 0 Å². The predicted molar refractivity (Wildman–Crippen MR) is 73.2 cm³/mol. The van der Waals surface area contributed by atoms with Crippen LogP contribution >= 0.6 is 0 Å². The lowest BCUT2D eigenvalue weighted by Crippen LogP contribution is -2.66. The molecule has 20 heavy (non-hydrogen) atoms. The Hall–Kier alpha value is -1.89. The molecule has 2 saturated heterocycles. The van der Waals surface area contributed by atoms with E-state index in [1.54, 1.807) is 20.7 Å². The van der Waals surface area contributed by atoms with Crippen LogP contribution in [0, 0.1) is 0 Å². The first kappa shape index (κ1) is 13.1. The first-order valence-corrected chi connectivity index (χ1v) is 6.80. The minimum Gasteiger partial charge on any atom is -0.325 e. The van der Waals surface area contributed by atoms with Crippen LogP contribution < -0.4 is 10.2 Å². The molecule has 3 rings (SSSR count). The lowest BCUT2D eigenvalue weighted by molar-refractivity contribution is -0.142. The molecule has 7 nitrogen and oxygen atoms in total. The third kappa shape index (κ3) is 1.98. The van der Waals surface area contributed by atoms with Crippen molar-refractivity contribution in [2.45, 2.75) is 18.9 Å². The van der Waals surface area contributed by atoms with E-state index in [0.29, 0.717) is 6.54 Å². The zero-order valence-electron chi connectivity index (χ0n) is 11.8. The van der Waals surface area contributed by atoms with Gasteiger partial charge in [-0.3, -0.25) is 14.3 Å². The van der Waals surface area contributed by atoms with E-state index in [9.17, 15) is 9.59 Å². The van der Waals surface area contributed by atoms with E-state index in [1.165, 1.54) is 6.92 Å². The molecule has 1 atom stereocenters. The quantitative estimate of drug-likeness (QED) is 0.740. The maximum atomic E-state index is 12.3. The van der Waals surface area contributed by atoms with Crippen molar-refractivity contribution in [1.29, 1.82) is 0 Å². The summed E-state index contributed by atoms with van der Waals surface area (Å²) in [5, 5.41) is 7.43. The van der Waals surface area contributed by atoms with Crippen molar-refractivity contribution in [3.05, 3.63) is 12.4 Å². The van der Waals surface area contributed by atoms with E-state index in [1.807, 2.05) is 13.2 Å². The zero-order valence-corrected chi connectivity index (χ0v) is 11.8. The molecule has 2 fully saturated rings. The van der Waals surface area contributed by atoms with Crippen molar-refractivity contribution in [1.82, 2.24) is 20.0 Å². The monoisotopic (exact) mass is 277 g/mol. The molecule has 1 spiro atoms. The normalized spacial score (nSPS) is 26.6. The summed E-state index contributed by atoms with van der Waals surface area (Å²) in [7, 11) is 1.83. The number of nitrogens with zero attached hydrogens (tertiary/aromatic N) is 4. The van der Waals surface area contributed by atoms with Crippen LogP contribution in [0.5, 0.6) is 0 Å². The van der Waals surface area contributed by atoms with E-state index in [-0.39, 0.29) is 23.9 Å². The molecule has 1 aromatic heterocycles. The molecule has 108 valence electrons. The fourth-order valence-corrected chi connectivity index (χ4v) is 3.18. The van der Waals surface area contributed by atoms with Gasteiger partial charge < -0.3 is 15.1 Å². The van der Waals surface area contributed by atoms with Crippen LogP contribution in [0.1, 0.15) is 13.3 Å². The Morgan fingerprint density at radius 2 is 2.30 bits per heavy atom. The van der Waals surface area contributed by atoms with Gasteiger partial charge in [-0.2, -0.15) is 5.10 Å². The van der Waals surface area contributed by atoms with Crippen LogP contribution in [0.4, 0.5) is 5.69 Å². The zero-order chi connectivity index (χ0) is 14.3. The second kappa shape index (κ2) is 4.59. The summed E-state index contributed by atoms with van der Waals surface area (Å²) in [6.45, 7) is 3.82. The number of hydrogen-bond acceptors (Lipinski definition) is 4. The van der Waals surface area contributed by atoms with Crippen molar-refractivity contribution >= 4 is 17.5 Å². The fraction of sp³-hybridized carbons (Fsp3) is 0.615. The van der Waals surface area contributed by atoms with E-state index in [4.69, 9.17) is 0 Å². The molecule has 2 aliphatic rings. The molecule has 3 heterocycles. The van der Waals surface area contributed by atoms with Gasteiger partial charge in [-0.25, -0.2) is 0 Å². The van der Waals surface area contributed by atoms with Crippen molar-refractivity contribution in [2.75, 3.05) is 31.1 Å². The first-order valence-electron chi connectivity index (χ1n) is 6.80. The van der Waals surface area contributed by atoms with Gasteiger partial charge in [0.05, 0.1) is 24.0 Å². The van der Waals surface area contributed by atoms with Crippen molar-refractivity contribution < 1.29 is 9.59 Å². The number of rotatable bonds is 1. The lowest BCUT2D eigenvalue weighted by atomic mass is 9.92. The van der Waals surface area contributed by atoms with Gasteiger partial charge in [0.25, 0.3) is 0 Å². The van der Waals surface area contributed by atoms with Crippen LogP contribution in [-0.4, -0.2) is 58.2 Å². The molecule has 0 unspecified atom stereocenters. The van der Waals surface area contributed by atoms with E-state index in [2.05, 4.69) is 10.4 Å². The van der Waals surface area contributed by atoms with Crippen LogP contribution in [0.15, 0.2) is 12.4 Å². The van der Waals surface area contributed by atoms with Gasteiger partial charge in [-0.05, 0) is 13.0 Å². The fourth-order valence-electron chi connectivity index (χ4n) is 3.18. The summed E-state index contributed by atoms with van der Waals surface area (Å²) in [6.07, 6.45) is 4.39.